The second-order valence-corrected chi connectivity index (χ2v) is 5.10. The summed E-state index contributed by atoms with van der Waals surface area (Å²) in [5.74, 6) is 1.36. The number of hydrogen-bond donors (Lipinski definition) is 0. The number of carbonyl (C=O) groups is 1. The molecule has 0 fully saturated rings. The van der Waals surface area contributed by atoms with Gasteiger partial charge in [0.05, 0.1) is 4.47 Å². The maximum absolute atomic E-state index is 10.7. The molecule has 2 aromatic carbocycles. The van der Waals surface area contributed by atoms with Gasteiger partial charge in [-0.3, -0.25) is 4.79 Å². The molecule has 2 nitrogen and oxygen atoms in total. The van der Waals surface area contributed by atoms with E-state index in [0.29, 0.717) is 22.1 Å². The monoisotopic (exact) mass is 324 g/mol. The summed E-state index contributed by atoms with van der Waals surface area (Å²) in [6, 6.07) is 10.6. The van der Waals surface area contributed by atoms with Crippen LogP contribution in [0, 0.1) is 6.92 Å². The Morgan fingerprint density at radius 1 is 1.22 bits per heavy atom. The standard InChI is InChI=1S/C14H10BrClO2/c1-9-6-12(4-2-10(9)8-17)18-14-5-3-11(16)7-13(14)15/h2-8H,1H3. The second-order valence-electron chi connectivity index (χ2n) is 3.81. The van der Waals surface area contributed by atoms with Crippen molar-refractivity contribution in [3.63, 3.8) is 0 Å². The number of aldehydes is 1. The van der Waals surface area contributed by atoms with Crippen LogP contribution in [0.5, 0.6) is 11.5 Å². The quantitative estimate of drug-likeness (QED) is 0.741. The number of benzene rings is 2. The van der Waals surface area contributed by atoms with Crippen LogP contribution in [0.4, 0.5) is 0 Å². The number of ether oxygens (including phenoxy) is 1. The molecule has 0 aliphatic heterocycles. The van der Waals surface area contributed by atoms with Crippen molar-refractivity contribution in [2.45, 2.75) is 6.92 Å². The highest BCUT2D eigenvalue weighted by molar-refractivity contribution is 9.10. The molecule has 0 atom stereocenters. The summed E-state index contributed by atoms with van der Waals surface area (Å²) in [5, 5.41) is 0.640. The Labute approximate surface area is 119 Å². The number of hydrogen-bond acceptors (Lipinski definition) is 2. The molecule has 0 amide bonds. The van der Waals surface area contributed by atoms with Gasteiger partial charge in [-0.25, -0.2) is 0 Å². The third-order valence-corrected chi connectivity index (χ3v) is 3.34. The summed E-state index contributed by atoms with van der Waals surface area (Å²) >= 11 is 9.25. The van der Waals surface area contributed by atoms with Gasteiger partial charge in [0.2, 0.25) is 0 Å². The van der Waals surface area contributed by atoms with Crippen LogP contribution in [0.3, 0.4) is 0 Å². The van der Waals surface area contributed by atoms with Crippen molar-refractivity contribution in [1.29, 1.82) is 0 Å². The van der Waals surface area contributed by atoms with Crippen LogP contribution in [-0.4, -0.2) is 6.29 Å². The molecule has 0 aromatic heterocycles. The van der Waals surface area contributed by atoms with Crippen LogP contribution in [0.25, 0.3) is 0 Å². The van der Waals surface area contributed by atoms with Gasteiger partial charge in [-0.05, 0) is 64.8 Å². The third kappa shape index (κ3) is 2.92. The lowest BCUT2D eigenvalue weighted by Gasteiger charge is -2.09. The van der Waals surface area contributed by atoms with Gasteiger partial charge in [0, 0.05) is 10.6 Å². The van der Waals surface area contributed by atoms with Crippen LogP contribution in [0.15, 0.2) is 40.9 Å². The first-order chi connectivity index (χ1) is 8.60. The molecule has 0 saturated carbocycles. The van der Waals surface area contributed by atoms with Crippen molar-refractivity contribution in [2.75, 3.05) is 0 Å². The molecule has 0 heterocycles. The van der Waals surface area contributed by atoms with Crippen LogP contribution >= 0.6 is 27.5 Å². The first-order valence-corrected chi connectivity index (χ1v) is 6.46. The summed E-state index contributed by atoms with van der Waals surface area (Å²) < 4.78 is 6.51. The fraction of sp³-hybridized carbons (Fsp3) is 0.0714. The molecule has 0 aliphatic carbocycles. The molecule has 0 unspecified atom stereocenters. The minimum absolute atomic E-state index is 0.640. The van der Waals surface area contributed by atoms with E-state index in [1.54, 1.807) is 30.3 Å². The molecule has 0 spiro atoms. The van der Waals surface area contributed by atoms with Crippen LogP contribution < -0.4 is 4.74 Å². The van der Waals surface area contributed by atoms with Gasteiger partial charge in [0.1, 0.15) is 17.8 Å². The highest BCUT2D eigenvalue weighted by Gasteiger charge is 2.05. The van der Waals surface area contributed by atoms with Crippen molar-refractivity contribution in [1.82, 2.24) is 0 Å². The van der Waals surface area contributed by atoms with Crippen molar-refractivity contribution in [2.24, 2.45) is 0 Å². The average molecular weight is 326 g/mol. The van der Waals surface area contributed by atoms with Gasteiger partial charge in [-0.2, -0.15) is 0 Å². The van der Waals surface area contributed by atoms with Crippen molar-refractivity contribution >= 4 is 33.8 Å². The van der Waals surface area contributed by atoms with E-state index in [0.717, 1.165) is 16.3 Å². The Hall–Kier alpha value is -1.32. The van der Waals surface area contributed by atoms with Crippen LogP contribution in [-0.2, 0) is 0 Å². The lowest BCUT2D eigenvalue weighted by molar-refractivity contribution is 0.112. The van der Waals surface area contributed by atoms with E-state index < -0.39 is 0 Å². The first-order valence-electron chi connectivity index (χ1n) is 5.29. The predicted octanol–water partition coefficient (Wildman–Crippen LogP) is 5.02. The molecule has 0 aliphatic rings. The minimum Gasteiger partial charge on any atom is -0.456 e. The summed E-state index contributed by atoms with van der Waals surface area (Å²) in [7, 11) is 0. The highest BCUT2D eigenvalue weighted by atomic mass is 79.9. The van der Waals surface area contributed by atoms with E-state index in [1.165, 1.54) is 0 Å². The van der Waals surface area contributed by atoms with Crippen LogP contribution in [0.2, 0.25) is 5.02 Å². The van der Waals surface area contributed by atoms with Gasteiger partial charge in [-0.15, -0.1) is 0 Å². The second kappa shape index (κ2) is 5.55. The molecule has 18 heavy (non-hydrogen) atoms. The van der Waals surface area contributed by atoms with Crippen molar-refractivity contribution in [3.05, 3.63) is 57.0 Å². The molecular formula is C14H10BrClO2. The largest absolute Gasteiger partial charge is 0.456 e. The Balaban J connectivity index is 2.28. The molecule has 0 radical (unpaired) electrons. The van der Waals surface area contributed by atoms with E-state index >= 15 is 0 Å². The molecule has 92 valence electrons. The zero-order valence-corrected chi connectivity index (χ0v) is 12.0. The van der Waals surface area contributed by atoms with Gasteiger partial charge in [-0.1, -0.05) is 11.6 Å². The van der Waals surface area contributed by atoms with Gasteiger partial charge >= 0.3 is 0 Å². The highest BCUT2D eigenvalue weighted by Crippen LogP contribution is 2.32. The Morgan fingerprint density at radius 3 is 2.61 bits per heavy atom. The van der Waals surface area contributed by atoms with E-state index in [-0.39, 0.29) is 0 Å². The van der Waals surface area contributed by atoms with E-state index in [4.69, 9.17) is 16.3 Å². The lowest BCUT2D eigenvalue weighted by atomic mass is 10.1. The average Bonchev–Trinajstić information content (AvgIpc) is 2.33. The van der Waals surface area contributed by atoms with Crippen LogP contribution in [0.1, 0.15) is 15.9 Å². The molecule has 0 bridgehead atoms. The summed E-state index contributed by atoms with van der Waals surface area (Å²) in [6.45, 7) is 1.87. The summed E-state index contributed by atoms with van der Waals surface area (Å²) in [5.41, 5.74) is 1.55. The fourth-order valence-electron chi connectivity index (χ4n) is 1.53. The molecule has 0 N–H and O–H groups in total. The normalized spacial score (nSPS) is 10.2. The van der Waals surface area contributed by atoms with Gasteiger partial charge < -0.3 is 4.74 Å². The van der Waals surface area contributed by atoms with E-state index in [9.17, 15) is 4.79 Å². The van der Waals surface area contributed by atoms with Gasteiger partial charge in [0.15, 0.2) is 0 Å². The molecule has 4 heteroatoms. The Morgan fingerprint density at radius 2 is 2.00 bits per heavy atom. The van der Waals surface area contributed by atoms with Crippen molar-refractivity contribution in [3.8, 4) is 11.5 Å². The van der Waals surface area contributed by atoms with Gasteiger partial charge in [0.25, 0.3) is 0 Å². The lowest BCUT2D eigenvalue weighted by Crippen LogP contribution is -1.90. The summed E-state index contributed by atoms with van der Waals surface area (Å²) in [6.07, 6.45) is 0.831. The Bertz CT molecular complexity index is 596. The maximum Gasteiger partial charge on any atom is 0.150 e. The minimum atomic E-state index is 0.640. The molecule has 0 saturated heterocycles. The molecular weight excluding hydrogens is 316 g/mol. The topological polar surface area (TPSA) is 26.3 Å². The summed E-state index contributed by atoms with van der Waals surface area (Å²) in [4.78, 5) is 10.7. The number of aryl methyl sites for hydroxylation is 1. The Kier molecular flexibility index (Phi) is 4.04. The zero-order chi connectivity index (χ0) is 13.1. The van der Waals surface area contributed by atoms with Crippen molar-refractivity contribution < 1.29 is 9.53 Å². The number of rotatable bonds is 3. The number of halogens is 2. The van der Waals surface area contributed by atoms with E-state index in [2.05, 4.69) is 15.9 Å². The first kappa shape index (κ1) is 13.1. The van der Waals surface area contributed by atoms with E-state index in [1.807, 2.05) is 13.0 Å². The predicted molar refractivity (Wildman–Crippen MR) is 75.8 cm³/mol. The SMILES string of the molecule is Cc1cc(Oc2ccc(Cl)cc2Br)ccc1C=O. The number of carbonyl (C=O) groups excluding carboxylic acids is 1. The smallest absolute Gasteiger partial charge is 0.150 e. The third-order valence-electron chi connectivity index (χ3n) is 2.49. The molecule has 2 aromatic rings. The maximum atomic E-state index is 10.7. The molecule has 2 rings (SSSR count). The zero-order valence-electron chi connectivity index (χ0n) is 9.61. The fourth-order valence-corrected chi connectivity index (χ4v) is 2.29.